The normalized spacial score (nSPS) is 31.0. The molecule has 3 aliphatic rings. The highest BCUT2D eigenvalue weighted by atomic mass is 16.5. The number of carbonyl (C=O) groups is 1. The SMILES string of the molecule is O=C(c1ccc(C2CCC2)cc1)N1CCC[C@@H]1[C@H]1COCC[C@H]1O. The molecular formula is C20H27NO3. The molecule has 1 saturated carbocycles. The summed E-state index contributed by atoms with van der Waals surface area (Å²) in [4.78, 5) is 14.9. The van der Waals surface area contributed by atoms with Crippen LogP contribution >= 0.6 is 0 Å². The van der Waals surface area contributed by atoms with Gasteiger partial charge in [-0.3, -0.25) is 4.79 Å². The molecule has 3 fully saturated rings. The van der Waals surface area contributed by atoms with Gasteiger partial charge in [0.05, 0.1) is 12.7 Å². The fourth-order valence-corrected chi connectivity index (χ4v) is 4.41. The third-order valence-electron chi connectivity index (χ3n) is 6.15. The fraction of sp³-hybridized carbons (Fsp3) is 0.650. The Kier molecular flexibility index (Phi) is 4.59. The van der Waals surface area contributed by atoms with Gasteiger partial charge in [-0.25, -0.2) is 0 Å². The monoisotopic (exact) mass is 329 g/mol. The van der Waals surface area contributed by atoms with Crippen LogP contribution in [0.4, 0.5) is 0 Å². The van der Waals surface area contributed by atoms with Crippen LogP contribution in [-0.4, -0.2) is 47.8 Å². The quantitative estimate of drug-likeness (QED) is 0.927. The van der Waals surface area contributed by atoms with E-state index in [1.54, 1.807) is 0 Å². The van der Waals surface area contributed by atoms with Crippen LogP contribution in [0.3, 0.4) is 0 Å². The maximum absolute atomic E-state index is 13.0. The van der Waals surface area contributed by atoms with E-state index >= 15 is 0 Å². The molecule has 1 aromatic carbocycles. The summed E-state index contributed by atoms with van der Waals surface area (Å²) in [5.41, 5.74) is 2.14. The second-order valence-electron chi connectivity index (χ2n) is 7.55. The summed E-state index contributed by atoms with van der Waals surface area (Å²) in [6.07, 6.45) is 6.20. The van der Waals surface area contributed by atoms with Gasteiger partial charge in [-0.05, 0) is 55.7 Å². The molecule has 2 aliphatic heterocycles. The van der Waals surface area contributed by atoms with Crippen molar-refractivity contribution in [1.82, 2.24) is 4.90 Å². The molecule has 1 aliphatic carbocycles. The van der Waals surface area contributed by atoms with E-state index in [9.17, 15) is 9.90 Å². The van der Waals surface area contributed by atoms with E-state index in [0.717, 1.165) is 24.9 Å². The van der Waals surface area contributed by atoms with Crippen LogP contribution in [0, 0.1) is 5.92 Å². The van der Waals surface area contributed by atoms with E-state index in [4.69, 9.17) is 4.74 Å². The number of hydrogen-bond donors (Lipinski definition) is 1. The Morgan fingerprint density at radius 1 is 1.08 bits per heavy atom. The van der Waals surface area contributed by atoms with Crippen molar-refractivity contribution < 1.29 is 14.6 Å². The van der Waals surface area contributed by atoms with Crippen LogP contribution in [0.5, 0.6) is 0 Å². The minimum absolute atomic E-state index is 0.0550. The number of benzene rings is 1. The molecule has 130 valence electrons. The molecule has 0 spiro atoms. The molecule has 2 heterocycles. The van der Waals surface area contributed by atoms with E-state index < -0.39 is 0 Å². The zero-order chi connectivity index (χ0) is 16.5. The molecule has 0 radical (unpaired) electrons. The predicted molar refractivity (Wildman–Crippen MR) is 92.0 cm³/mol. The maximum Gasteiger partial charge on any atom is 0.254 e. The summed E-state index contributed by atoms with van der Waals surface area (Å²) in [6.45, 7) is 1.98. The van der Waals surface area contributed by atoms with Crippen molar-refractivity contribution in [3.8, 4) is 0 Å². The first-order valence-corrected chi connectivity index (χ1v) is 9.41. The lowest BCUT2D eigenvalue weighted by atomic mass is 9.80. The number of aliphatic hydroxyl groups excluding tert-OH is 1. The van der Waals surface area contributed by atoms with Crippen molar-refractivity contribution in [1.29, 1.82) is 0 Å². The Balaban J connectivity index is 1.48. The summed E-state index contributed by atoms with van der Waals surface area (Å²) < 4.78 is 5.56. The Hall–Kier alpha value is -1.39. The minimum Gasteiger partial charge on any atom is -0.393 e. The van der Waals surface area contributed by atoms with Gasteiger partial charge in [0.1, 0.15) is 0 Å². The highest BCUT2D eigenvalue weighted by Gasteiger charge is 2.39. The van der Waals surface area contributed by atoms with Gasteiger partial charge in [-0.1, -0.05) is 18.6 Å². The first-order chi connectivity index (χ1) is 11.7. The van der Waals surface area contributed by atoms with Gasteiger partial charge in [0.2, 0.25) is 0 Å². The van der Waals surface area contributed by atoms with Crippen molar-refractivity contribution >= 4 is 5.91 Å². The average molecular weight is 329 g/mol. The van der Waals surface area contributed by atoms with Gasteiger partial charge >= 0.3 is 0 Å². The molecule has 24 heavy (non-hydrogen) atoms. The first-order valence-electron chi connectivity index (χ1n) is 9.41. The lowest BCUT2D eigenvalue weighted by Crippen LogP contribution is -2.48. The molecule has 1 aromatic rings. The third-order valence-corrected chi connectivity index (χ3v) is 6.15. The van der Waals surface area contributed by atoms with Crippen LogP contribution < -0.4 is 0 Å². The summed E-state index contributed by atoms with van der Waals surface area (Å²) in [5.74, 6) is 0.859. The molecule has 3 atom stereocenters. The van der Waals surface area contributed by atoms with Gasteiger partial charge in [-0.15, -0.1) is 0 Å². The number of carbonyl (C=O) groups excluding carboxylic acids is 1. The summed E-state index contributed by atoms with van der Waals surface area (Å²) in [5, 5.41) is 10.3. The van der Waals surface area contributed by atoms with Gasteiger partial charge in [0, 0.05) is 30.7 Å². The molecular weight excluding hydrogens is 302 g/mol. The number of ether oxygens (including phenoxy) is 1. The van der Waals surface area contributed by atoms with Crippen molar-refractivity contribution in [2.75, 3.05) is 19.8 Å². The highest BCUT2D eigenvalue weighted by Crippen LogP contribution is 2.36. The summed E-state index contributed by atoms with van der Waals surface area (Å²) in [7, 11) is 0. The molecule has 0 unspecified atom stereocenters. The predicted octanol–water partition coefficient (Wildman–Crippen LogP) is 2.96. The topological polar surface area (TPSA) is 49.8 Å². The Bertz CT molecular complexity index is 581. The average Bonchev–Trinajstić information content (AvgIpc) is 3.03. The lowest BCUT2D eigenvalue weighted by Gasteiger charge is -2.37. The number of aliphatic hydroxyl groups is 1. The molecule has 4 nitrogen and oxygen atoms in total. The van der Waals surface area contributed by atoms with Crippen molar-refractivity contribution in [3.63, 3.8) is 0 Å². The van der Waals surface area contributed by atoms with Crippen molar-refractivity contribution in [2.45, 2.75) is 56.6 Å². The number of rotatable bonds is 3. The zero-order valence-electron chi connectivity index (χ0n) is 14.2. The Labute approximate surface area is 143 Å². The van der Waals surface area contributed by atoms with Gasteiger partial charge in [-0.2, -0.15) is 0 Å². The molecule has 1 amide bonds. The zero-order valence-corrected chi connectivity index (χ0v) is 14.2. The van der Waals surface area contributed by atoms with E-state index in [1.165, 1.54) is 24.8 Å². The minimum atomic E-state index is -0.349. The summed E-state index contributed by atoms with van der Waals surface area (Å²) >= 11 is 0. The number of amides is 1. The van der Waals surface area contributed by atoms with E-state index in [1.807, 2.05) is 17.0 Å². The lowest BCUT2D eigenvalue weighted by molar-refractivity contribution is -0.0589. The van der Waals surface area contributed by atoms with Crippen LogP contribution in [0.1, 0.15) is 60.4 Å². The number of hydrogen-bond acceptors (Lipinski definition) is 3. The molecule has 0 bridgehead atoms. The van der Waals surface area contributed by atoms with Gasteiger partial charge in [0.15, 0.2) is 0 Å². The van der Waals surface area contributed by atoms with Crippen LogP contribution in [-0.2, 0) is 4.74 Å². The Morgan fingerprint density at radius 3 is 2.54 bits per heavy atom. The van der Waals surface area contributed by atoms with E-state index in [-0.39, 0.29) is 24.0 Å². The van der Waals surface area contributed by atoms with E-state index in [0.29, 0.717) is 25.6 Å². The summed E-state index contributed by atoms with van der Waals surface area (Å²) in [6, 6.07) is 8.33. The maximum atomic E-state index is 13.0. The van der Waals surface area contributed by atoms with E-state index in [2.05, 4.69) is 12.1 Å². The first kappa shape index (κ1) is 16.1. The van der Waals surface area contributed by atoms with Crippen LogP contribution in [0.15, 0.2) is 24.3 Å². The van der Waals surface area contributed by atoms with Gasteiger partial charge in [0.25, 0.3) is 5.91 Å². The molecule has 2 saturated heterocycles. The number of likely N-dealkylation sites (tertiary alicyclic amines) is 1. The largest absolute Gasteiger partial charge is 0.393 e. The standard InChI is InChI=1S/C20H27NO3/c22-19-10-12-24-13-17(19)18-5-2-11-21(18)20(23)16-8-6-15(7-9-16)14-3-1-4-14/h6-9,14,17-19,22H,1-5,10-13H2/t17-,18-,19-/m1/s1. The second kappa shape index (κ2) is 6.85. The molecule has 4 rings (SSSR count). The smallest absolute Gasteiger partial charge is 0.254 e. The third kappa shape index (κ3) is 2.98. The van der Waals surface area contributed by atoms with Crippen LogP contribution in [0.25, 0.3) is 0 Å². The van der Waals surface area contributed by atoms with Crippen LogP contribution in [0.2, 0.25) is 0 Å². The fourth-order valence-electron chi connectivity index (χ4n) is 4.41. The van der Waals surface area contributed by atoms with Crippen molar-refractivity contribution in [2.24, 2.45) is 5.92 Å². The second-order valence-corrected chi connectivity index (χ2v) is 7.55. The van der Waals surface area contributed by atoms with Gasteiger partial charge < -0.3 is 14.7 Å². The molecule has 0 aromatic heterocycles. The Morgan fingerprint density at radius 2 is 1.88 bits per heavy atom. The highest BCUT2D eigenvalue weighted by molar-refractivity contribution is 5.94. The van der Waals surface area contributed by atoms with Crippen molar-refractivity contribution in [3.05, 3.63) is 35.4 Å². The molecule has 4 heteroatoms. The number of nitrogens with zero attached hydrogens (tertiary/aromatic N) is 1. The molecule has 1 N–H and O–H groups in total.